The monoisotopic (exact) mass is 375 g/mol. The zero-order chi connectivity index (χ0) is 18.9. The first-order valence-corrected chi connectivity index (χ1v) is 9.31. The maximum atomic E-state index is 12.3. The van der Waals surface area contributed by atoms with E-state index in [0.717, 1.165) is 11.3 Å². The van der Waals surface area contributed by atoms with Crippen LogP contribution in [0.5, 0.6) is 11.5 Å². The second kappa shape index (κ2) is 10.1. The minimum atomic E-state index is -0.585. The van der Waals surface area contributed by atoms with Crippen LogP contribution in [0.1, 0.15) is 38.7 Å². The number of hydrogen-bond donors (Lipinski definition) is 1. The van der Waals surface area contributed by atoms with Crippen LogP contribution >= 0.6 is 11.6 Å². The highest BCUT2D eigenvalue weighted by Gasteiger charge is 2.19. The summed E-state index contributed by atoms with van der Waals surface area (Å²) in [6, 6.07) is 15.1. The van der Waals surface area contributed by atoms with Crippen molar-refractivity contribution in [1.82, 2.24) is 5.32 Å². The first-order chi connectivity index (χ1) is 12.5. The second-order valence-corrected chi connectivity index (χ2v) is 6.68. The van der Waals surface area contributed by atoms with Crippen LogP contribution in [-0.2, 0) is 4.79 Å². The number of rotatable bonds is 9. The Bertz CT molecular complexity index is 718. The summed E-state index contributed by atoms with van der Waals surface area (Å²) >= 11 is 6.09. The topological polar surface area (TPSA) is 47.6 Å². The molecule has 5 heteroatoms. The van der Waals surface area contributed by atoms with Crippen LogP contribution in [0, 0.1) is 0 Å². The molecular formula is C21H26ClNO3. The van der Waals surface area contributed by atoms with Crippen molar-refractivity contribution in [2.24, 2.45) is 0 Å². The maximum absolute atomic E-state index is 12.3. The van der Waals surface area contributed by atoms with E-state index in [1.165, 1.54) is 0 Å². The third-order valence-corrected chi connectivity index (χ3v) is 4.28. The van der Waals surface area contributed by atoms with E-state index in [0.29, 0.717) is 36.3 Å². The van der Waals surface area contributed by atoms with Gasteiger partial charge in [-0.1, -0.05) is 62.7 Å². The van der Waals surface area contributed by atoms with Gasteiger partial charge >= 0.3 is 0 Å². The molecule has 0 unspecified atom stereocenters. The average molecular weight is 376 g/mol. The Hall–Kier alpha value is -2.20. The fourth-order valence-corrected chi connectivity index (χ4v) is 2.73. The Labute approximate surface area is 160 Å². The van der Waals surface area contributed by atoms with Gasteiger partial charge in [0.25, 0.3) is 5.91 Å². The van der Waals surface area contributed by atoms with Gasteiger partial charge in [-0.05, 0) is 36.1 Å². The SMILES string of the molecule is CC[C@@H](Oc1ccccc1Cl)C(=O)NCCOc1ccccc1C(C)C. The fourth-order valence-electron chi connectivity index (χ4n) is 2.55. The standard InChI is InChI=1S/C21H26ClNO3/c1-4-18(26-20-12-8-6-10-17(20)22)21(24)23-13-14-25-19-11-7-5-9-16(19)15(2)3/h5-12,15,18H,4,13-14H2,1-3H3,(H,23,24)/t18-/m1/s1. The smallest absolute Gasteiger partial charge is 0.261 e. The molecule has 2 rings (SSSR count). The van der Waals surface area contributed by atoms with Gasteiger partial charge in [0.2, 0.25) is 0 Å². The van der Waals surface area contributed by atoms with E-state index in [4.69, 9.17) is 21.1 Å². The van der Waals surface area contributed by atoms with Gasteiger partial charge < -0.3 is 14.8 Å². The van der Waals surface area contributed by atoms with Crippen LogP contribution in [-0.4, -0.2) is 25.2 Å². The number of amides is 1. The lowest BCUT2D eigenvalue weighted by Crippen LogP contribution is -2.39. The Balaban J connectivity index is 1.83. The van der Waals surface area contributed by atoms with Crippen LogP contribution in [0.3, 0.4) is 0 Å². The van der Waals surface area contributed by atoms with E-state index >= 15 is 0 Å². The third-order valence-electron chi connectivity index (χ3n) is 3.97. The first-order valence-electron chi connectivity index (χ1n) is 8.93. The molecule has 4 nitrogen and oxygen atoms in total. The van der Waals surface area contributed by atoms with Crippen molar-refractivity contribution in [2.45, 2.75) is 39.2 Å². The van der Waals surface area contributed by atoms with Crippen LogP contribution in [0.25, 0.3) is 0 Å². The molecule has 0 aliphatic carbocycles. The summed E-state index contributed by atoms with van der Waals surface area (Å²) in [6.45, 7) is 6.96. The molecule has 2 aromatic carbocycles. The molecule has 0 aliphatic heterocycles. The van der Waals surface area contributed by atoms with Crippen LogP contribution in [0.2, 0.25) is 5.02 Å². The number of carbonyl (C=O) groups is 1. The van der Waals surface area contributed by atoms with Crippen LogP contribution < -0.4 is 14.8 Å². The lowest BCUT2D eigenvalue weighted by Gasteiger charge is -2.18. The lowest BCUT2D eigenvalue weighted by molar-refractivity contribution is -0.128. The summed E-state index contributed by atoms with van der Waals surface area (Å²) in [5, 5.41) is 3.35. The van der Waals surface area contributed by atoms with Gasteiger partial charge in [-0.25, -0.2) is 0 Å². The Morgan fingerprint density at radius 1 is 1.08 bits per heavy atom. The van der Waals surface area contributed by atoms with Gasteiger partial charge in [0.1, 0.15) is 18.1 Å². The van der Waals surface area contributed by atoms with Crippen molar-refractivity contribution in [2.75, 3.05) is 13.2 Å². The number of nitrogens with one attached hydrogen (secondary N) is 1. The normalized spacial score (nSPS) is 11.9. The average Bonchev–Trinajstić information content (AvgIpc) is 2.64. The van der Waals surface area contributed by atoms with Gasteiger partial charge in [0.15, 0.2) is 6.10 Å². The summed E-state index contributed by atoms with van der Waals surface area (Å²) in [7, 11) is 0. The molecule has 0 aliphatic rings. The van der Waals surface area contributed by atoms with Gasteiger partial charge in [0.05, 0.1) is 11.6 Å². The molecular weight excluding hydrogens is 350 g/mol. The molecule has 0 bridgehead atoms. The second-order valence-electron chi connectivity index (χ2n) is 6.28. The highest BCUT2D eigenvalue weighted by molar-refractivity contribution is 6.32. The van der Waals surface area contributed by atoms with E-state index in [1.54, 1.807) is 12.1 Å². The summed E-state index contributed by atoms with van der Waals surface area (Å²) in [5.74, 6) is 1.58. The Kier molecular flexibility index (Phi) is 7.79. The highest BCUT2D eigenvalue weighted by atomic mass is 35.5. The quantitative estimate of drug-likeness (QED) is 0.639. The lowest BCUT2D eigenvalue weighted by atomic mass is 10.0. The molecule has 0 saturated heterocycles. The van der Waals surface area contributed by atoms with E-state index < -0.39 is 6.10 Å². The van der Waals surface area contributed by atoms with Gasteiger partial charge in [0, 0.05) is 0 Å². The molecule has 26 heavy (non-hydrogen) atoms. The number of ether oxygens (including phenoxy) is 2. The molecule has 0 fully saturated rings. The number of benzene rings is 2. The van der Waals surface area contributed by atoms with Gasteiger partial charge in [-0.3, -0.25) is 4.79 Å². The van der Waals surface area contributed by atoms with Crippen LogP contribution in [0.15, 0.2) is 48.5 Å². The predicted molar refractivity (Wildman–Crippen MR) is 105 cm³/mol. The number of para-hydroxylation sites is 2. The molecule has 140 valence electrons. The zero-order valence-corrected chi connectivity index (χ0v) is 16.3. The summed E-state index contributed by atoms with van der Waals surface area (Å²) in [5.41, 5.74) is 1.16. The molecule has 1 N–H and O–H groups in total. The van der Waals surface area contributed by atoms with Gasteiger partial charge in [-0.15, -0.1) is 0 Å². The fraction of sp³-hybridized carbons (Fsp3) is 0.381. The maximum Gasteiger partial charge on any atom is 0.261 e. The van der Waals surface area contributed by atoms with Crippen molar-refractivity contribution in [3.05, 3.63) is 59.1 Å². The summed E-state index contributed by atoms with van der Waals surface area (Å²) in [4.78, 5) is 12.3. The molecule has 0 aromatic heterocycles. The Morgan fingerprint density at radius 3 is 2.38 bits per heavy atom. The van der Waals surface area contributed by atoms with E-state index in [9.17, 15) is 4.79 Å². The van der Waals surface area contributed by atoms with Crippen molar-refractivity contribution in [1.29, 1.82) is 0 Å². The summed E-state index contributed by atoms with van der Waals surface area (Å²) < 4.78 is 11.6. The van der Waals surface area contributed by atoms with Crippen molar-refractivity contribution in [3.63, 3.8) is 0 Å². The van der Waals surface area contributed by atoms with Crippen LogP contribution in [0.4, 0.5) is 0 Å². The van der Waals surface area contributed by atoms with E-state index in [1.807, 2.05) is 37.3 Å². The van der Waals surface area contributed by atoms with Crippen molar-refractivity contribution >= 4 is 17.5 Å². The number of carbonyl (C=O) groups excluding carboxylic acids is 1. The predicted octanol–water partition coefficient (Wildman–Crippen LogP) is 4.82. The summed E-state index contributed by atoms with van der Waals surface area (Å²) in [6.07, 6.45) is -0.0356. The molecule has 1 atom stereocenters. The Morgan fingerprint density at radius 2 is 1.73 bits per heavy atom. The van der Waals surface area contributed by atoms with Crippen molar-refractivity contribution < 1.29 is 14.3 Å². The number of halogens is 1. The highest BCUT2D eigenvalue weighted by Crippen LogP contribution is 2.26. The molecule has 2 aromatic rings. The third kappa shape index (κ3) is 5.67. The minimum Gasteiger partial charge on any atom is -0.491 e. The molecule has 0 heterocycles. The largest absolute Gasteiger partial charge is 0.491 e. The molecule has 0 radical (unpaired) electrons. The minimum absolute atomic E-state index is 0.173. The molecule has 1 amide bonds. The zero-order valence-electron chi connectivity index (χ0n) is 15.5. The molecule has 0 saturated carbocycles. The van der Waals surface area contributed by atoms with E-state index in [2.05, 4.69) is 25.2 Å². The van der Waals surface area contributed by atoms with E-state index in [-0.39, 0.29) is 5.91 Å². The first kappa shape index (κ1) is 20.1. The van der Waals surface area contributed by atoms with Crippen molar-refractivity contribution in [3.8, 4) is 11.5 Å². The van der Waals surface area contributed by atoms with Gasteiger partial charge in [-0.2, -0.15) is 0 Å². The molecule has 0 spiro atoms. The number of hydrogen-bond acceptors (Lipinski definition) is 3.